The van der Waals surface area contributed by atoms with Crippen LogP contribution in [0.3, 0.4) is 0 Å². The molecule has 0 N–H and O–H groups in total. The number of halogens is 2. The lowest BCUT2D eigenvalue weighted by Crippen LogP contribution is -1.99. The van der Waals surface area contributed by atoms with Crippen molar-refractivity contribution in [3.05, 3.63) is 69.2 Å². The van der Waals surface area contributed by atoms with Crippen molar-refractivity contribution in [1.82, 2.24) is 9.38 Å². The SMILES string of the molecule is Cc1ccccc1CCc1nc(Br)c2ccc(Cl)cn12. The van der Waals surface area contributed by atoms with E-state index in [1.807, 2.05) is 18.3 Å². The molecule has 0 saturated heterocycles. The van der Waals surface area contributed by atoms with Crippen molar-refractivity contribution in [3.63, 3.8) is 0 Å². The van der Waals surface area contributed by atoms with Gasteiger partial charge in [0.2, 0.25) is 0 Å². The van der Waals surface area contributed by atoms with Crippen LogP contribution in [0.4, 0.5) is 0 Å². The van der Waals surface area contributed by atoms with Crippen molar-refractivity contribution in [2.45, 2.75) is 19.8 Å². The lowest BCUT2D eigenvalue weighted by Gasteiger charge is -2.05. The second-order valence-corrected chi connectivity index (χ2v) is 6.04. The fourth-order valence-corrected chi connectivity index (χ4v) is 3.08. The Hall–Kier alpha value is -1.32. The summed E-state index contributed by atoms with van der Waals surface area (Å²) in [6.45, 7) is 2.14. The third-order valence-electron chi connectivity index (χ3n) is 3.51. The number of aromatic nitrogens is 2. The van der Waals surface area contributed by atoms with Crippen LogP contribution in [0.5, 0.6) is 0 Å². The highest BCUT2D eigenvalue weighted by molar-refractivity contribution is 9.10. The second-order valence-electron chi connectivity index (χ2n) is 4.85. The van der Waals surface area contributed by atoms with Crippen LogP contribution in [0.25, 0.3) is 5.52 Å². The monoisotopic (exact) mass is 348 g/mol. The van der Waals surface area contributed by atoms with Gasteiger partial charge in [0, 0.05) is 12.6 Å². The summed E-state index contributed by atoms with van der Waals surface area (Å²) >= 11 is 9.59. The second kappa shape index (κ2) is 5.58. The quantitative estimate of drug-likeness (QED) is 0.661. The van der Waals surface area contributed by atoms with Crippen LogP contribution in [0.1, 0.15) is 17.0 Å². The lowest BCUT2D eigenvalue weighted by molar-refractivity contribution is 0.848. The van der Waals surface area contributed by atoms with E-state index in [9.17, 15) is 0 Å². The van der Waals surface area contributed by atoms with Crippen molar-refractivity contribution >= 4 is 33.0 Å². The third-order valence-corrected chi connectivity index (χ3v) is 4.32. The van der Waals surface area contributed by atoms with Gasteiger partial charge >= 0.3 is 0 Å². The Bertz CT molecular complexity index is 764. The molecule has 0 atom stereocenters. The van der Waals surface area contributed by atoms with Crippen LogP contribution in [0.2, 0.25) is 5.02 Å². The molecule has 3 rings (SSSR count). The van der Waals surface area contributed by atoms with Gasteiger partial charge in [0.15, 0.2) is 0 Å². The average molecular weight is 350 g/mol. The van der Waals surface area contributed by atoms with Crippen LogP contribution >= 0.6 is 27.5 Å². The van der Waals surface area contributed by atoms with Crippen molar-refractivity contribution in [2.24, 2.45) is 0 Å². The van der Waals surface area contributed by atoms with E-state index in [0.29, 0.717) is 0 Å². The molecule has 2 aromatic heterocycles. The van der Waals surface area contributed by atoms with E-state index in [0.717, 1.165) is 33.8 Å². The van der Waals surface area contributed by atoms with Gasteiger partial charge in [-0.25, -0.2) is 4.98 Å². The first-order valence-corrected chi connectivity index (χ1v) is 7.69. The number of rotatable bonds is 3. The zero-order valence-electron chi connectivity index (χ0n) is 11.1. The molecule has 0 amide bonds. The highest BCUT2D eigenvalue weighted by Crippen LogP contribution is 2.22. The summed E-state index contributed by atoms with van der Waals surface area (Å²) in [5, 5.41) is 0.722. The Labute approximate surface area is 131 Å². The van der Waals surface area contributed by atoms with Gasteiger partial charge in [-0.3, -0.25) is 0 Å². The van der Waals surface area contributed by atoms with E-state index in [-0.39, 0.29) is 0 Å². The van der Waals surface area contributed by atoms with E-state index >= 15 is 0 Å². The van der Waals surface area contributed by atoms with Crippen molar-refractivity contribution in [2.75, 3.05) is 0 Å². The van der Waals surface area contributed by atoms with Crippen LogP contribution in [-0.2, 0) is 12.8 Å². The molecule has 2 heterocycles. The van der Waals surface area contributed by atoms with Gasteiger partial charge in [-0.05, 0) is 52.5 Å². The molecular weight excluding hydrogens is 336 g/mol. The maximum atomic E-state index is 6.08. The number of hydrogen-bond acceptors (Lipinski definition) is 1. The van der Waals surface area contributed by atoms with Crippen molar-refractivity contribution in [1.29, 1.82) is 0 Å². The maximum absolute atomic E-state index is 6.08. The van der Waals surface area contributed by atoms with E-state index < -0.39 is 0 Å². The molecular formula is C16H14BrClN2. The first-order valence-electron chi connectivity index (χ1n) is 6.51. The highest BCUT2D eigenvalue weighted by Gasteiger charge is 2.09. The zero-order valence-corrected chi connectivity index (χ0v) is 13.4. The number of imidazole rings is 1. The number of pyridine rings is 1. The van der Waals surface area contributed by atoms with Gasteiger partial charge in [-0.1, -0.05) is 35.9 Å². The Kier molecular flexibility index (Phi) is 3.81. The van der Waals surface area contributed by atoms with Crippen LogP contribution in [-0.4, -0.2) is 9.38 Å². The fraction of sp³-hybridized carbons (Fsp3) is 0.188. The van der Waals surface area contributed by atoms with Crippen molar-refractivity contribution in [3.8, 4) is 0 Å². The van der Waals surface area contributed by atoms with E-state index in [2.05, 4.69) is 56.5 Å². The minimum absolute atomic E-state index is 0.722. The van der Waals surface area contributed by atoms with Crippen LogP contribution in [0.15, 0.2) is 47.2 Å². The van der Waals surface area contributed by atoms with E-state index in [1.165, 1.54) is 11.1 Å². The Morgan fingerprint density at radius 2 is 1.95 bits per heavy atom. The highest BCUT2D eigenvalue weighted by atomic mass is 79.9. The molecule has 0 bridgehead atoms. The van der Waals surface area contributed by atoms with Gasteiger partial charge in [0.05, 0.1) is 10.5 Å². The molecule has 0 unspecified atom stereocenters. The normalized spacial score (nSPS) is 11.2. The summed E-state index contributed by atoms with van der Waals surface area (Å²) in [4.78, 5) is 4.60. The molecule has 3 aromatic rings. The van der Waals surface area contributed by atoms with Crippen LogP contribution in [0, 0.1) is 6.92 Å². The fourth-order valence-electron chi connectivity index (χ4n) is 2.39. The molecule has 0 fully saturated rings. The van der Waals surface area contributed by atoms with Gasteiger partial charge in [0.25, 0.3) is 0 Å². The Morgan fingerprint density at radius 3 is 2.75 bits per heavy atom. The zero-order chi connectivity index (χ0) is 14.1. The first-order chi connectivity index (χ1) is 9.65. The number of fused-ring (bicyclic) bond motifs is 1. The molecule has 0 radical (unpaired) electrons. The van der Waals surface area contributed by atoms with Gasteiger partial charge in [0.1, 0.15) is 10.4 Å². The molecule has 4 heteroatoms. The summed E-state index contributed by atoms with van der Waals surface area (Å²) in [5.74, 6) is 1.03. The summed E-state index contributed by atoms with van der Waals surface area (Å²) in [5.41, 5.74) is 3.74. The molecule has 20 heavy (non-hydrogen) atoms. The number of hydrogen-bond donors (Lipinski definition) is 0. The number of nitrogens with zero attached hydrogens (tertiary/aromatic N) is 2. The molecule has 0 aliphatic heterocycles. The van der Waals surface area contributed by atoms with Gasteiger partial charge < -0.3 is 4.40 Å². The largest absolute Gasteiger partial charge is 0.301 e. The average Bonchev–Trinajstić information content (AvgIpc) is 2.74. The molecule has 1 aromatic carbocycles. The summed E-state index contributed by atoms with van der Waals surface area (Å²) in [7, 11) is 0. The number of benzene rings is 1. The first kappa shape index (κ1) is 13.7. The molecule has 102 valence electrons. The third kappa shape index (κ3) is 2.60. The molecule has 0 saturated carbocycles. The van der Waals surface area contributed by atoms with E-state index in [1.54, 1.807) is 0 Å². The molecule has 0 spiro atoms. The smallest absolute Gasteiger partial charge is 0.132 e. The minimum Gasteiger partial charge on any atom is -0.301 e. The Morgan fingerprint density at radius 1 is 1.15 bits per heavy atom. The molecule has 0 aliphatic rings. The summed E-state index contributed by atoms with van der Waals surface area (Å²) < 4.78 is 2.93. The van der Waals surface area contributed by atoms with Gasteiger partial charge in [-0.15, -0.1) is 0 Å². The summed E-state index contributed by atoms with van der Waals surface area (Å²) in [6, 6.07) is 12.3. The lowest BCUT2D eigenvalue weighted by atomic mass is 10.0. The van der Waals surface area contributed by atoms with Gasteiger partial charge in [-0.2, -0.15) is 0 Å². The predicted octanol–water partition coefficient (Wildman–Crippen LogP) is 4.84. The molecule has 2 nitrogen and oxygen atoms in total. The summed E-state index contributed by atoms with van der Waals surface area (Å²) in [6.07, 6.45) is 3.78. The topological polar surface area (TPSA) is 17.3 Å². The standard InChI is InChI=1S/C16H14BrClN2/c1-11-4-2-3-5-12(11)6-9-15-19-16(17)14-8-7-13(18)10-20(14)15/h2-5,7-8,10H,6,9H2,1H3. The van der Waals surface area contributed by atoms with Crippen LogP contribution < -0.4 is 0 Å². The Balaban J connectivity index is 1.92. The molecule has 0 aliphatic carbocycles. The predicted molar refractivity (Wildman–Crippen MR) is 86.5 cm³/mol. The van der Waals surface area contributed by atoms with E-state index in [4.69, 9.17) is 11.6 Å². The minimum atomic E-state index is 0.722. The van der Waals surface area contributed by atoms with Crippen molar-refractivity contribution < 1.29 is 0 Å². The number of aryl methyl sites for hydroxylation is 3. The maximum Gasteiger partial charge on any atom is 0.132 e.